The first kappa shape index (κ1) is 15.0. The SMILES string of the molecule is Cn1c(CNCC2(CO)CCCC2)cc(=O)n(C)c1=O. The number of aliphatic hydroxyl groups excluding tert-OH is 1. The Hall–Kier alpha value is -1.40. The van der Waals surface area contributed by atoms with E-state index < -0.39 is 0 Å². The van der Waals surface area contributed by atoms with Gasteiger partial charge < -0.3 is 10.4 Å². The van der Waals surface area contributed by atoms with Crippen molar-refractivity contribution in [1.82, 2.24) is 14.5 Å². The smallest absolute Gasteiger partial charge is 0.330 e. The van der Waals surface area contributed by atoms with Crippen molar-refractivity contribution in [3.8, 4) is 0 Å². The molecule has 0 bridgehead atoms. The van der Waals surface area contributed by atoms with Crippen LogP contribution in [0.4, 0.5) is 0 Å². The van der Waals surface area contributed by atoms with Gasteiger partial charge in [-0.3, -0.25) is 13.9 Å². The number of hydrogen-bond acceptors (Lipinski definition) is 4. The Morgan fingerprint density at radius 2 is 1.90 bits per heavy atom. The standard InChI is InChI=1S/C14H23N3O3/c1-16-11(7-12(19)17(2)13(16)20)8-15-9-14(10-18)5-3-4-6-14/h7,15,18H,3-6,8-10H2,1-2H3. The summed E-state index contributed by atoms with van der Waals surface area (Å²) in [6.45, 7) is 1.37. The molecule has 0 aromatic carbocycles. The molecule has 0 unspecified atom stereocenters. The third-order valence-corrected chi connectivity index (χ3v) is 4.43. The summed E-state index contributed by atoms with van der Waals surface area (Å²) in [7, 11) is 3.14. The fraction of sp³-hybridized carbons (Fsp3) is 0.714. The van der Waals surface area contributed by atoms with Crippen molar-refractivity contribution < 1.29 is 5.11 Å². The Morgan fingerprint density at radius 1 is 1.25 bits per heavy atom. The molecular weight excluding hydrogens is 258 g/mol. The Balaban J connectivity index is 2.05. The zero-order chi connectivity index (χ0) is 14.8. The predicted octanol–water partition coefficient (Wildman–Crippen LogP) is -0.274. The van der Waals surface area contributed by atoms with Gasteiger partial charge in [0.2, 0.25) is 0 Å². The molecule has 1 aliphatic rings. The second kappa shape index (κ2) is 5.93. The van der Waals surface area contributed by atoms with Crippen LogP contribution in [-0.4, -0.2) is 27.4 Å². The van der Waals surface area contributed by atoms with E-state index in [1.54, 1.807) is 7.05 Å². The van der Waals surface area contributed by atoms with E-state index in [9.17, 15) is 14.7 Å². The minimum Gasteiger partial charge on any atom is -0.396 e. The van der Waals surface area contributed by atoms with Gasteiger partial charge in [0, 0.05) is 51.0 Å². The average Bonchev–Trinajstić information content (AvgIpc) is 2.91. The third kappa shape index (κ3) is 2.86. The molecule has 0 atom stereocenters. The maximum absolute atomic E-state index is 11.8. The van der Waals surface area contributed by atoms with Crippen LogP contribution in [-0.2, 0) is 20.6 Å². The number of nitrogens with zero attached hydrogens (tertiary/aromatic N) is 2. The van der Waals surface area contributed by atoms with Gasteiger partial charge in [0.05, 0.1) is 0 Å². The zero-order valence-corrected chi connectivity index (χ0v) is 12.2. The lowest BCUT2D eigenvalue weighted by molar-refractivity contribution is 0.128. The van der Waals surface area contributed by atoms with Crippen LogP contribution < -0.4 is 16.6 Å². The van der Waals surface area contributed by atoms with Crippen molar-refractivity contribution in [3.05, 3.63) is 32.6 Å². The van der Waals surface area contributed by atoms with E-state index >= 15 is 0 Å². The summed E-state index contributed by atoms with van der Waals surface area (Å²) in [5.74, 6) is 0. The van der Waals surface area contributed by atoms with Crippen molar-refractivity contribution >= 4 is 0 Å². The lowest BCUT2D eigenvalue weighted by Gasteiger charge is -2.26. The Morgan fingerprint density at radius 3 is 2.50 bits per heavy atom. The number of nitrogens with one attached hydrogen (secondary N) is 1. The molecule has 0 radical (unpaired) electrons. The van der Waals surface area contributed by atoms with Crippen LogP contribution in [0.5, 0.6) is 0 Å². The highest BCUT2D eigenvalue weighted by atomic mass is 16.3. The molecule has 1 aliphatic carbocycles. The first-order valence-electron chi connectivity index (χ1n) is 7.07. The molecule has 2 N–H and O–H groups in total. The van der Waals surface area contributed by atoms with E-state index in [4.69, 9.17) is 0 Å². The lowest BCUT2D eigenvalue weighted by atomic mass is 9.87. The van der Waals surface area contributed by atoms with Crippen molar-refractivity contribution in [3.63, 3.8) is 0 Å². The highest BCUT2D eigenvalue weighted by Crippen LogP contribution is 2.36. The van der Waals surface area contributed by atoms with Crippen LogP contribution >= 0.6 is 0 Å². The molecule has 6 heteroatoms. The van der Waals surface area contributed by atoms with Crippen LogP contribution in [0.3, 0.4) is 0 Å². The van der Waals surface area contributed by atoms with Gasteiger partial charge in [-0.25, -0.2) is 4.79 Å². The van der Waals surface area contributed by atoms with E-state index in [0.29, 0.717) is 18.8 Å². The average molecular weight is 281 g/mol. The molecule has 1 heterocycles. The highest BCUT2D eigenvalue weighted by molar-refractivity contribution is 5.02. The lowest BCUT2D eigenvalue weighted by Crippen LogP contribution is -2.40. The van der Waals surface area contributed by atoms with E-state index in [2.05, 4.69) is 5.32 Å². The van der Waals surface area contributed by atoms with Gasteiger partial charge in [-0.2, -0.15) is 0 Å². The Kier molecular flexibility index (Phi) is 4.45. The number of aromatic nitrogens is 2. The number of aliphatic hydroxyl groups is 1. The second-order valence-corrected chi connectivity index (χ2v) is 5.84. The van der Waals surface area contributed by atoms with Gasteiger partial charge in [0.25, 0.3) is 5.56 Å². The Bertz CT molecular complexity index is 582. The molecule has 0 amide bonds. The van der Waals surface area contributed by atoms with Crippen LogP contribution in [0.25, 0.3) is 0 Å². The first-order chi connectivity index (χ1) is 9.49. The van der Waals surface area contributed by atoms with Crippen LogP contribution in [0.15, 0.2) is 15.7 Å². The van der Waals surface area contributed by atoms with Gasteiger partial charge >= 0.3 is 5.69 Å². The zero-order valence-electron chi connectivity index (χ0n) is 12.2. The molecule has 6 nitrogen and oxygen atoms in total. The normalized spacial score (nSPS) is 17.6. The minimum atomic E-state index is -0.313. The maximum atomic E-state index is 11.8. The largest absolute Gasteiger partial charge is 0.396 e. The van der Waals surface area contributed by atoms with E-state index in [1.807, 2.05) is 0 Å². The summed E-state index contributed by atoms with van der Waals surface area (Å²) in [5.41, 5.74) is 0.0392. The summed E-state index contributed by atoms with van der Waals surface area (Å²) < 4.78 is 2.57. The van der Waals surface area contributed by atoms with Crippen molar-refractivity contribution in [2.75, 3.05) is 13.2 Å². The van der Waals surface area contributed by atoms with Crippen LogP contribution in [0, 0.1) is 5.41 Å². The van der Waals surface area contributed by atoms with E-state index in [-0.39, 0.29) is 23.3 Å². The number of hydrogen-bond donors (Lipinski definition) is 2. The van der Waals surface area contributed by atoms with Gasteiger partial charge in [0.15, 0.2) is 0 Å². The van der Waals surface area contributed by atoms with Crippen LogP contribution in [0.1, 0.15) is 31.4 Å². The molecule has 0 aliphatic heterocycles. The summed E-state index contributed by atoms with van der Waals surface area (Å²) in [5, 5.41) is 12.8. The highest BCUT2D eigenvalue weighted by Gasteiger charge is 2.32. The molecule has 20 heavy (non-hydrogen) atoms. The minimum absolute atomic E-state index is 0.0292. The third-order valence-electron chi connectivity index (χ3n) is 4.43. The second-order valence-electron chi connectivity index (χ2n) is 5.84. The van der Waals surface area contributed by atoms with Crippen LogP contribution in [0.2, 0.25) is 0 Å². The topological polar surface area (TPSA) is 76.3 Å². The monoisotopic (exact) mass is 281 g/mol. The molecule has 2 rings (SSSR count). The van der Waals surface area contributed by atoms with Crippen molar-refractivity contribution in [2.24, 2.45) is 19.5 Å². The summed E-state index contributed by atoms with van der Waals surface area (Å²) >= 11 is 0. The predicted molar refractivity (Wildman–Crippen MR) is 76.6 cm³/mol. The van der Waals surface area contributed by atoms with E-state index in [1.165, 1.54) is 17.7 Å². The van der Waals surface area contributed by atoms with Gasteiger partial charge in [-0.05, 0) is 12.8 Å². The number of rotatable bonds is 5. The maximum Gasteiger partial charge on any atom is 0.330 e. The molecule has 1 aromatic rings. The van der Waals surface area contributed by atoms with Crippen molar-refractivity contribution in [2.45, 2.75) is 32.2 Å². The molecule has 112 valence electrons. The summed E-state index contributed by atoms with van der Waals surface area (Å²) in [4.78, 5) is 23.4. The fourth-order valence-electron chi connectivity index (χ4n) is 2.92. The Labute approximate surface area is 118 Å². The molecule has 1 saturated carbocycles. The van der Waals surface area contributed by atoms with Gasteiger partial charge in [-0.15, -0.1) is 0 Å². The molecule has 0 saturated heterocycles. The first-order valence-corrected chi connectivity index (χ1v) is 7.07. The van der Waals surface area contributed by atoms with Gasteiger partial charge in [0.1, 0.15) is 0 Å². The molecular formula is C14H23N3O3. The van der Waals surface area contributed by atoms with Crippen molar-refractivity contribution in [1.29, 1.82) is 0 Å². The molecule has 0 spiro atoms. The summed E-state index contributed by atoms with van der Waals surface area (Å²) in [6.07, 6.45) is 4.39. The fourth-order valence-corrected chi connectivity index (χ4v) is 2.92. The van der Waals surface area contributed by atoms with E-state index in [0.717, 1.165) is 30.3 Å². The quantitative estimate of drug-likeness (QED) is 0.779. The molecule has 1 aromatic heterocycles. The van der Waals surface area contributed by atoms with Gasteiger partial charge in [-0.1, -0.05) is 12.8 Å². The summed E-state index contributed by atoms with van der Waals surface area (Å²) in [6, 6.07) is 1.48. The molecule has 1 fully saturated rings.